The molecular formula is C15H28N2O3. The summed E-state index contributed by atoms with van der Waals surface area (Å²) in [7, 11) is 0. The third-order valence-electron chi connectivity index (χ3n) is 4.68. The molecule has 0 radical (unpaired) electrons. The Balaban J connectivity index is 2.62. The molecule has 1 N–H and O–H groups in total. The van der Waals surface area contributed by atoms with Crippen molar-refractivity contribution in [2.75, 3.05) is 19.6 Å². The minimum atomic E-state index is -0.860. The lowest BCUT2D eigenvalue weighted by atomic mass is 9.78. The van der Waals surface area contributed by atoms with Crippen molar-refractivity contribution < 1.29 is 14.7 Å². The lowest BCUT2D eigenvalue weighted by molar-refractivity contribution is -0.138. The van der Waals surface area contributed by atoms with Gasteiger partial charge in [-0.05, 0) is 32.1 Å². The Kier molecular flexibility index (Phi) is 5.84. The highest BCUT2D eigenvalue weighted by Crippen LogP contribution is 2.34. The highest BCUT2D eigenvalue weighted by atomic mass is 16.4. The minimum absolute atomic E-state index is 0.0000945. The van der Waals surface area contributed by atoms with E-state index in [0.717, 1.165) is 32.4 Å². The van der Waals surface area contributed by atoms with Crippen LogP contribution < -0.4 is 0 Å². The Morgan fingerprint density at radius 1 is 1.30 bits per heavy atom. The van der Waals surface area contributed by atoms with Gasteiger partial charge in [-0.15, -0.1) is 0 Å². The first kappa shape index (κ1) is 16.8. The van der Waals surface area contributed by atoms with Gasteiger partial charge in [-0.2, -0.15) is 0 Å². The fourth-order valence-electron chi connectivity index (χ4n) is 2.77. The number of amides is 2. The monoisotopic (exact) mass is 284 g/mol. The van der Waals surface area contributed by atoms with Crippen LogP contribution in [0.4, 0.5) is 4.79 Å². The van der Waals surface area contributed by atoms with E-state index in [1.165, 1.54) is 0 Å². The number of carbonyl (C=O) groups is 2. The molecule has 0 saturated carbocycles. The van der Waals surface area contributed by atoms with Crippen LogP contribution >= 0.6 is 0 Å². The normalized spacial score (nSPS) is 19.5. The molecule has 1 atom stereocenters. The number of urea groups is 1. The molecule has 5 nitrogen and oxygen atoms in total. The van der Waals surface area contributed by atoms with E-state index in [1.54, 1.807) is 11.8 Å². The molecule has 20 heavy (non-hydrogen) atoms. The number of hydrogen-bond acceptors (Lipinski definition) is 2. The van der Waals surface area contributed by atoms with Crippen molar-refractivity contribution in [2.45, 2.75) is 59.4 Å². The largest absolute Gasteiger partial charge is 0.481 e. The molecule has 0 aromatic rings. The van der Waals surface area contributed by atoms with Crippen LogP contribution in [0.5, 0.6) is 0 Å². The Labute approximate surface area is 121 Å². The van der Waals surface area contributed by atoms with Gasteiger partial charge in [0.25, 0.3) is 0 Å². The molecule has 5 heteroatoms. The summed E-state index contributed by atoms with van der Waals surface area (Å²) in [5.74, 6) is -0.860. The molecule has 0 aliphatic carbocycles. The van der Waals surface area contributed by atoms with Gasteiger partial charge >= 0.3 is 12.0 Å². The number of carbonyl (C=O) groups excluding carboxylic acids is 1. The number of carboxylic acid groups (broad SMARTS) is 1. The number of piperidine rings is 1. The molecule has 1 saturated heterocycles. The summed E-state index contributed by atoms with van der Waals surface area (Å²) in [5.41, 5.74) is 0.348. The fourth-order valence-corrected chi connectivity index (χ4v) is 2.77. The number of carboxylic acids is 1. The SMILES string of the molecule is CCN(C(=O)N1CCC(C)(CC)CC1)C(C)CC(=O)O. The van der Waals surface area contributed by atoms with Crippen LogP contribution in [0.25, 0.3) is 0 Å². The Hall–Kier alpha value is -1.26. The molecule has 116 valence electrons. The zero-order valence-electron chi connectivity index (χ0n) is 13.2. The Morgan fingerprint density at radius 3 is 2.25 bits per heavy atom. The van der Waals surface area contributed by atoms with E-state index in [9.17, 15) is 9.59 Å². The van der Waals surface area contributed by atoms with Crippen LogP contribution in [0.2, 0.25) is 0 Å². The number of aliphatic carboxylic acids is 1. The van der Waals surface area contributed by atoms with Crippen molar-refractivity contribution in [3.05, 3.63) is 0 Å². The van der Waals surface area contributed by atoms with Crippen molar-refractivity contribution >= 4 is 12.0 Å². The zero-order chi connectivity index (χ0) is 15.3. The van der Waals surface area contributed by atoms with Gasteiger partial charge in [-0.1, -0.05) is 20.3 Å². The molecule has 2 amide bonds. The smallest absolute Gasteiger partial charge is 0.320 e. The molecule has 0 spiro atoms. The van der Waals surface area contributed by atoms with Crippen LogP contribution in [0, 0.1) is 5.41 Å². The topological polar surface area (TPSA) is 60.9 Å². The van der Waals surface area contributed by atoms with E-state index in [4.69, 9.17) is 5.11 Å². The summed E-state index contributed by atoms with van der Waals surface area (Å²) in [6, 6.07) is -0.274. The average Bonchev–Trinajstić information content (AvgIpc) is 2.39. The fraction of sp³-hybridized carbons (Fsp3) is 0.867. The van der Waals surface area contributed by atoms with Gasteiger partial charge < -0.3 is 14.9 Å². The summed E-state index contributed by atoms with van der Waals surface area (Å²) in [6.45, 7) is 10.3. The molecule has 1 aliphatic rings. The summed E-state index contributed by atoms with van der Waals surface area (Å²) < 4.78 is 0. The molecule has 1 unspecified atom stereocenters. The third kappa shape index (κ3) is 4.12. The summed E-state index contributed by atoms with van der Waals surface area (Å²) in [6.07, 6.45) is 3.20. The zero-order valence-corrected chi connectivity index (χ0v) is 13.2. The van der Waals surface area contributed by atoms with Gasteiger partial charge in [0.15, 0.2) is 0 Å². The summed E-state index contributed by atoms with van der Waals surface area (Å²) in [5, 5.41) is 8.87. The molecular weight excluding hydrogens is 256 g/mol. The maximum Gasteiger partial charge on any atom is 0.320 e. The van der Waals surface area contributed by atoms with Crippen molar-refractivity contribution in [3.8, 4) is 0 Å². The number of likely N-dealkylation sites (tertiary alicyclic amines) is 1. The van der Waals surface area contributed by atoms with Crippen LogP contribution in [0.15, 0.2) is 0 Å². The minimum Gasteiger partial charge on any atom is -0.481 e. The van der Waals surface area contributed by atoms with Gasteiger partial charge in [-0.3, -0.25) is 4.79 Å². The van der Waals surface area contributed by atoms with E-state index in [1.807, 2.05) is 11.8 Å². The second-order valence-electron chi connectivity index (χ2n) is 6.17. The van der Waals surface area contributed by atoms with Gasteiger partial charge in [0, 0.05) is 25.7 Å². The molecule has 1 rings (SSSR count). The number of nitrogens with zero attached hydrogens (tertiary/aromatic N) is 2. The average molecular weight is 284 g/mol. The van der Waals surface area contributed by atoms with Crippen molar-refractivity contribution in [1.29, 1.82) is 0 Å². The molecule has 1 aliphatic heterocycles. The van der Waals surface area contributed by atoms with Crippen molar-refractivity contribution in [3.63, 3.8) is 0 Å². The van der Waals surface area contributed by atoms with Crippen LogP contribution in [0.3, 0.4) is 0 Å². The van der Waals surface area contributed by atoms with E-state index in [2.05, 4.69) is 13.8 Å². The van der Waals surface area contributed by atoms with Crippen molar-refractivity contribution in [2.24, 2.45) is 5.41 Å². The predicted octanol–water partition coefficient (Wildman–Crippen LogP) is 2.80. The van der Waals surface area contributed by atoms with E-state index in [0.29, 0.717) is 12.0 Å². The Morgan fingerprint density at radius 2 is 1.85 bits per heavy atom. The predicted molar refractivity (Wildman–Crippen MR) is 78.7 cm³/mol. The number of hydrogen-bond donors (Lipinski definition) is 1. The Bertz CT molecular complexity index is 349. The van der Waals surface area contributed by atoms with E-state index < -0.39 is 5.97 Å². The standard InChI is InChI=1S/C15H28N2O3/c1-5-15(4)7-9-16(10-8-15)14(20)17(6-2)12(3)11-13(18)19/h12H,5-11H2,1-4H3,(H,18,19). The second kappa shape index (κ2) is 6.95. The molecule has 0 aromatic carbocycles. The van der Waals surface area contributed by atoms with Crippen LogP contribution in [-0.4, -0.2) is 52.6 Å². The first-order valence-corrected chi connectivity index (χ1v) is 7.60. The van der Waals surface area contributed by atoms with E-state index in [-0.39, 0.29) is 18.5 Å². The van der Waals surface area contributed by atoms with Gasteiger partial charge in [0.2, 0.25) is 0 Å². The first-order chi connectivity index (χ1) is 9.33. The molecule has 1 heterocycles. The van der Waals surface area contributed by atoms with Crippen LogP contribution in [0.1, 0.15) is 53.4 Å². The number of rotatable bonds is 5. The maximum atomic E-state index is 12.5. The first-order valence-electron chi connectivity index (χ1n) is 7.60. The maximum absolute atomic E-state index is 12.5. The van der Waals surface area contributed by atoms with Crippen LogP contribution in [-0.2, 0) is 4.79 Å². The van der Waals surface area contributed by atoms with Crippen molar-refractivity contribution in [1.82, 2.24) is 9.80 Å². The van der Waals surface area contributed by atoms with Gasteiger partial charge in [-0.25, -0.2) is 4.79 Å². The molecule has 0 aromatic heterocycles. The summed E-state index contributed by atoms with van der Waals surface area (Å²) >= 11 is 0. The highest BCUT2D eigenvalue weighted by molar-refractivity contribution is 5.76. The highest BCUT2D eigenvalue weighted by Gasteiger charge is 2.33. The molecule has 1 fully saturated rings. The lowest BCUT2D eigenvalue weighted by Gasteiger charge is -2.41. The van der Waals surface area contributed by atoms with Gasteiger partial charge in [0.05, 0.1) is 6.42 Å². The third-order valence-corrected chi connectivity index (χ3v) is 4.68. The molecule has 0 bridgehead atoms. The van der Waals surface area contributed by atoms with E-state index >= 15 is 0 Å². The van der Waals surface area contributed by atoms with Gasteiger partial charge in [0.1, 0.15) is 0 Å². The second-order valence-corrected chi connectivity index (χ2v) is 6.17. The lowest BCUT2D eigenvalue weighted by Crippen LogP contribution is -2.51. The summed E-state index contributed by atoms with van der Waals surface area (Å²) in [4.78, 5) is 26.9. The quantitative estimate of drug-likeness (QED) is 0.844.